The lowest BCUT2D eigenvalue weighted by Gasteiger charge is -2.42. The maximum Gasteiger partial charge on any atom is 0.162 e. The summed E-state index contributed by atoms with van der Waals surface area (Å²) in [5.74, 6) is 0.986. The van der Waals surface area contributed by atoms with E-state index < -0.39 is 11.6 Å². The third kappa shape index (κ3) is 4.01. The molecule has 0 bridgehead atoms. The average Bonchev–Trinajstić information content (AvgIpc) is 2.74. The van der Waals surface area contributed by atoms with Crippen LogP contribution in [0, 0.1) is 29.4 Å². The van der Waals surface area contributed by atoms with Crippen LogP contribution in [0.3, 0.4) is 0 Å². The van der Waals surface area contributed by atoms with Gasteiger partial charge in [0.2, 0.25) is 0 Å². The molecule has 0 N–H and O–H groups in total. The zero-order chi connectivity index (χ0) is 19.7. The van der Waals surface area contributed by atoms with Crippen molar-refractivity contribution in [2.45, 2.75) is 96.5 Å². The van der Waals surface area contributed by atoms with Gasteiger partial charge in [0.15, 0.2) is 11.6 Å². The molecule has 0 amide bonds. The Kier molecular flexibility index (Phi) is 6.40. The number of halogens is 2. The second-order valence-corrected chi connectivity index (χ2v) is 9.58. The summed E-state index contributed by atoms with van der Waals surface area (Å²) in [6.45, 7) is 5.17. The van der Waals surface area contributed by atoms with Crippen LogP contribution >= 0.6 is 0 Å². The number of rotatable bonds is 5. The van der Waals surface area contributed by atoms with E-state index in [1.54, 1.807) is 0 Å². The largest absolute Gasteiger partial charge is 0.378 e. The molecule has 5 atom stereocenters. The number of benzene rings is 1. The highest BCUT2D eigenvalue weighted by Crippen LogP contribution is 2.48. The van der Waals surface area contributed by atoms with Gasteiger partial charge in [0.1, 0.15) is 0 Å². The molecule has 0 spiro atoms. The molecule has 1 nitrogen and oxygen atoms in total. The highest BCUT2D eigenvalue weighted by Gasteiger charge is 2.38. The lowest BCUT2D eigenvalue weighted by molar-refractivity contribution is -0.0149. The first-order valence-corrected chi connectivity index (χ1v) is 11.7. The van der Waals surface area contributed by atoms with Gasteiger partial charge in [-0.15, -0.1) is 0 Å². The lowest BCUT2D eigenvalue weighted by atomic mass is 9.65. The van der Waals surface area contributed by atoms with Gasteiger partial charge in [-0.3, -0.25) is 0 Å². The van der Waals surface area contributed by atoms with Crippen LogP contribution in [0.1, 0.15) is 94.2 Å². The fraction of sp³-hybridized carbons (Fsp3) is 0.760. The molecular weight excluding hydrogens is 354 g/mol. The molecule has 0 heterocycles. The molecule has 4 rings (SSSR count). The second kappa shape index (κ2) is 8.81. The van der Waals surface area contributed by atoms with E-state index in [0.29, 0.717) is 41.4 Å². The van der Waals surface area contributed by atoms with Crippen LogP contribution < -0.4 is 0 Å². The zero-order valence-electron chi connectivity index (χ0n) is 17.6. The topological polar surface area (TPSA) is 9.23 Å². The van der Waals surface area contributed by atoms with Crippen molar-refractivity contribution in [2.24, 2.45) is 17.8 Å². The summed E-state index contributed by atoms with van der Waals surface area (Å²) in [6, 6.07) is 2.04. The van der Waals surface area contributed by atoms with Gasteiger partial charge in [-0.05, 0) is 105 Å². The maximum atomic E-state index is 15.0. The van der Waals surface area contributed by atoms with Crippen molar-refractivity contribution in [3.8, 4) is 0 Å². The number of ether oxygens (including phenoxy) is 1. The highest BCUT2D eigenvalue weighted by atomic mass is 19.2. The SMILES string of the molecule is CCCOC1CCC2CC(c3cc4c(c(F)c3F)CC(CC)CC4)CCC2C1. The molecule has 5 unspecified atom stereocenters. The van der Waals surface area contributed by atoms with E-state index >= 15 is 4.39 Å². The quantitative estimate of drug-likeness (QED) is 0.528. The number of hydrogen-bond acceptors (Lipinski definition) is 1. The van der Waals surface area contributed by atoms with Gasteiger partial charge in [-0.25, -0.2) is 8.78 Å². The van der Waals surface area contributed by atoms with Gasteiger partial charge in [-0.1, -0.05) is 26.3 Å². The Morgan fingerprint density at radius 1 is 0.964 bits per heavy atom. The fourth-order valence-electron chi connectivity index (χ4n) is 6.14. The predicted octanol–water partition coefficient (Wildman–Crippen LogP) is 6.96. The molecule has 156 valence electrons. The van der Waals surface area contributed by atoms with Crippen molar-refractivity contribution in [3.63, 3.8) is 0 Å². The number of hydrogen-bond donors (Lipinski definition) is 0. The van der Waals surface area contributed by atoms with Gasteiger partial charge in [0, 0.05) is 6.61 Å². The fourth-order valence-corrected chi connectivity index (χ4v) is 6.14. The standard InChI is InChI=1S/C25H36F2O/c1-3-11-28-21-10-9-17-13-19(8-7-18(17)14-21)23-15-20-6-5-16(4-2)12-22(20)24(26)25(23)27/h15-19,21H,3-14H2,1-2H3. The maximum absolute atomic E-state index is 15.0. The Morgan fingerprint density at radius 3 is 2.54 bits per heavy atom. The molecule has 0 radical (unpaired) electrons. The summed E-state index contributed by atoms with van der Waals surface area (Å²) < 4.78 is 36.0. The first kappa shape index (κ1) is 20.3. The van der Waals surface area contributed by atoms with Gasteiger partial charge >= 0.3 is 0 Å². The molecule has 2 fully saturated rings. The van der Waals surface area contributed by atoms with Crippen LogP contribution in [0.4, 0.5) is 8.78 Å². The first-order chi connectivity index (χ1) is 13.6. The zero-order valence-corrected chi connectivity index (χ0v) is 17.6. The van der Waals surface area contributed by atoms with Crippen molar-refractivity contribution < 1.29 is 13.5 Å². The van der Waals surface area contributed by atoms with Crippen LogP contribution in [0.2, 0.25) is 0 Å². The number of aryl methyl sites for hydroxylation is 1. The van der Waals surface area contributed by atoms with E-state index in [0.717, 1.165) is 70.0 Å². The summed E-state index contributed by atoms with van der Waals surface area (Å²) in [6.07, 6.45) is 11.9. The molecule has 3 aliphatic carbocycles. The van der Waals surface area contributed by atoms with E-state index in [1.165, 1.54) is 6.42 Å². The molecule has 3 heteroatoms. The van der Waals surface area contributed by atoms with Crippen molar-refractivity contribution in [1.29, 1.82) is 0 Å². The minimum atomic E-state index is -0.543. The van der Waals surface area contributed by atoms with E-state index in [4.69, 9.17) is 4.74 Å². The minimum absolute atomic E-state index is 0.193. The third-order valence-electron chi connectivity index (χ3n) is 7.88. The van der Waals surface area contributed by atoms with Crippen molar-refractivity contribution >= 4 is 0 Å². The molecule has 0 aromatic heterocycles. The van der Waals surface area contributed by atoms with E-state index in [1.807, 2.05) is 6.07 Å². The summed E-state index contributed by atoms with van der Waals surface area (Å²) in [7, 11) is 0. The van der Waals surface area contributed by atoms with Crippen molar-refractivity contribution in [1.82, 2.24) is 0 Å². The van der Waals surface area contributed by atoms with E-state index in [-0.39, 0.29) is 5.92 Å². The molecule has 1 aromatic rings. The molecule has 1 aromatic carbocycles. The Hall–Kier alpha value is -0.960. The Morgan fingerprint density at radius 2 is 1.75 bits per heavy atom. The lowest BCUT2D eigenvalue weighted by Crippen LogP contribution is -2.34. The highest BCUT2D eigenvalue weighted by molar-refractivity contribution is 5.38. The molecule has 28 heavy (non-hydrogen) atoms. The first-order valence-electron chi connectivity index (χ1n) is 11.7. The molecule has 3 aliphatic rings. The summed E-state index contributed by atoms with van der Waals surface area (Å²) in [4.78, 5) is 0. The van der Waals surface area contributed by atoms with Crippen LogP contribution in [0.25, 0.3) is 0 Å². The van der Waals surface area contributed by atoms with Gasteiger partial charge in [-0.2, -0.15) is 0 Å². The van der Waals surface area contributed by atoms with Crippen molar-refractivity contribution in [2.75, 3.05) is 6.61 Å². The van der Waals surface area contributed by atoms with Crippen LogP contribution in [-0.4, -0.2) is 12.7 Å². The summed E-state index contributed by atoms with van der Waals surface area (Å²) in [5.41, 5.74) is 2.42. The average molecular weight is 391 g/mol. The Balaban J connectivity index is 1.47. The molecule has 0 aliphatic heterocycles. The summed E-state index contributed by atoms with van der Waals surface area (Å²) >= 11 is 0. The third-order valence-corrected chi connectivity index (χ3v) is 7.88. The smallest absolute Gasteiger partial charge is 0.162 e. The van der Waals surface area contributed by atoms with Crippen LogP contribution in [0.5, 0.6) is 0 Å². The normalized spacial score (nSPS) is 32.6. The molecular formula is C25H36F2O. The molecule has 2 saturated carbocycles. The van der Waals surface area contributed by atoms with Gasteiger partial charge in [0.05, 0.1) is 6.10 Å². The second-order valence-electron chi connectivity index (χ2n) is 9.58. The predicted molar refractivity (Wildman–Crippen MR) is 110 cm³/mol. The van der Waals surface area contributed by atoms with E-state index in [2.05, 4.69) is 13.8 Å². The van der Waals surface area contributed by atoms with Crippen LogP contribution in [0.15, 0.2) is 6.07 Å². The van der Waals surface area contributed by atoms with E-state index in [9.17, 15) is 4.39 Å². The summed E-state index contributed by atoms with van der Waals surface area (Å²) in [5, 5.41) is 0. The molecule has 0 saturated heterocycles. The van der Waals surface area contributed by atoms with Crippen molar-refractivity contribution in [3.05, 3.63) is 34.4 Å². The Bertz CT molecular complexity index is 686. The van der Waals surface area contributed by atoms with Gasteiger partial charge < -0.3 is 4.74 Å². The van der Waals surface area contributed by atoms with Gasteiger partial charge in [0.25, 0.3) is 0 Å². The Labute approximate surface area is 169 Å². The number of fused-ring (bicyclic) bond motifs is 2. The van der Waals surface area contributed by atoms with Crippen LogP contribution in [-0.2, 0) is 17.6 Å². The minimum Gasteiger partial charge on any atom is -0.378 e. The monoisotopic (exact) mass is 390 g/mol.